The number of hydrogen-bond donors (Lipinski definition) is 7. The lowest BCUT2D eigenvalue weighted by Crippen LogP contribution is -2.55. The van der Waals surface area contributed by atoms with E-state index in [9.17, 15) is 33.9 Å². The van der Waals surface area contributed by atoms with Crippen LogP contribution in [0.25, 0.3) is 0 Å². The number of aliphatic carboxylic acids is 2. The Morgan fingerprint density at radius 2 is 1.70 bits per heavy atom. The summed E-state index contributed by atoms with van der Waals surface area (Å²) in [7, 11) is 0. The predicted molar refractivity (Wildman–Crippen MR) is 110 cm³/mol. The van der Waals surface area contributed by atoms with Crippen LogP contribution in [0, 0.1) is 0 Å². The van der Waals surface area contributed by atoms with Crippen LogP contribution in [0.5, 0.6) is 0 Å². The number of hydrogen-bond acceptors (Lipinski definition) is 8. The molecule has 14 nitrogen and oxygen atoms in total. The van der Waals surface area contributed by atoms with Crippen molar-refractivity contribution < 1.29 is 44.1 Å². The van der Waals surface area contributed by atoms with Crippen molar-refractivity contribution in [3.63, 3.8) is 0 Å². The van der Waals surface area contributed by atoms with Crippen molar-refractivity contribution in [2.75, 3.05) is 26.2 Å². The summed E-state index contributed by atoms with van der Waals surface area (Å²) in [6, 6.07) is -2.90. The van der Waals surface area contributed by atoms with Crippen LogP contribution in [0.4, 0.5) is 0 Å². The van der Waals surface area contributed by atoms with E-state index in [0.717, 1.165) is 11.3 Å². The highest BCUT2D eigenvalue weighted by Crippen LogP contribution is 2.20. The Morgan fingerprint density at radius 1 is 1.00 bits per heavy atom. The molecule has 0 aromatic heterocycles. The Balaban J connectivity index is 2.02. The monoisotopic (exact) mass is 471 g/mol. The quantitative estimate of drug-likeness (QED) is 0.157. The van der Waals surface area contributed by atoms with Gasteiger partial charge in [0.2, 0.25) is 23.6 Å². The summed E-state index contributed by atoms with van der Waals surface area (Å²) in [4.78, 5) is 72.4. The van der Waals surface area contributed by atoms with Gasteiger partial charge in [0.25, 0.3) is 0 Å². The fourth-order valence-electron chi connectivity index (χ4n) is 3.76. The van der Waals surface area contributed by atoms with Crippen LogP contribution >= 0.6 is 0 Å². The lowest BCUT2D eigenvalue weighted by Gasteiger charge is -2.28. The molecule has 0 spiro atoms. The largest absolute Gasteiger partial charge is 0.481 e. The average molecular weight is 471 g/mol. The molecular weight excluding hydrogens is 442 g/mol. The number of β-amino-alcohol motifs (C(OH)–C–C–N with tert-alkyl or cyclic N) is 1. The third kappa shape index (κ3) is 7.98. The summed E-state index contributed by atoms with van der Waals surface area (Å²) in [5, 5.41) is 37.6. The molecule has 0 unspecified atom stereocenters. The Kier molecular flexibility index (Phi) is 9.54. The molecule has 7 N–H and O–H groups in total. The third-order valence-corrected chi connectivity index (χ3v) is 5.36. The van der Waals surface area contributed by atoms with Crippen LogP contribution < -0.4 is 21.3 Å². The zero-order valence-electron chi connectivity index (χ0n) is 17.9. The molecule has 0 radical (unpaired) electrons. The summed E-state index contributed by atoms with van der Waals surface area (Å²) >= 11 is 0. The zero-order valence-corrected chi connectivity index (χ0v) is 17.9. The average Bonchev–Trinajstić information content (AvgIpc) is 3.42. The predicted octanol–water partition coefficient (Wildman–Crippen LogP) is -3.63. The molecule has 2 saturated heterocycles. The van der Waals surface area contributed by atoms with E-state index < -0.39 is 73.4 Å². The van der Waals surface area contributed by atoms with Crippen molar-refractivity contribution in [1.82, 2.24) is 26.2 Å². The molecule has 0 aromatic carbocycles. The van der Waals surface area contributed by atoms with Gasteiger partial charge in [-0.3, -0.25) is 28.8 Å². The van der Waals surface area contributed by atoms with Crippen molar-refractivity contribution in [3.05, 3.63) is 0 Å². The molecule has 2 rings (SSSR count). The topological polar surface area (TPSA) is 214 Å². The summed E-state index contributed by atoms with van der Waals surface area (Å²) in [6.45, 7) is -0.659. The normalized spacial score (nSPS) is 22.9. The highest BCUT2D eigenvalue weighted by Gasteiger charge is 2.41. The van der Waals surface area contributed by atoms with Gasteiger partial charge in [0, 0.05) is 19.4 Å². The SMILES string of the molecule is O=C(O)CC[C@H](NC(=O)CNC(=O)[C@@H]1CCCN1)C(=O)N1C[C@H](O)C[C@H]1C(=O)NCC(=O)O. The molecule has 0 aromatic rings. The molecule has 0 bridgehead atoms. The summed E-state index contributed by atoms with van der Waals surface area (Å²) in [5.74, 6) is -5.17. The number of carbonyl (C=O) groups is 6. The first-order valence-corrected chi connectivity index (χ1v) is 10.6. The van der Waals surface area contributed by atoms with Gasteiger partial charge in [0.15, 0.2) is 0 Å². The Labute approximate surface area is 189 Å². The van der Waals surface area contributed by atoms with Gasteiger partial charge in [-0.1, -0.05) is 0 Å². The minimum atomic E-state index is -1.32. The number of carboxylic acids is 2. The van der Waals surface area contributed by atoms with Crippen molar-refractivity contribution in [2.24, 2.45) is 0 Å². The van der Waals surface area contributed by atoms with E-state index in [1.54, 1.807) is 0 Å². The van der Waals surface area contributed by atoms with Crippen LogP contribution in [0.1, 0.15) is 32.1 Å². The summed E-state index contributed by atoms with van der Waals surface area (Å²) in [5.41, 5.74) is 0. The fraction of sp³-hybridized carbons (Fsp3) is 0.684. The number of nitrogens with zero attached hydrogens (tertiary/aromatic N) is 1. The Hall–Kier alpha value is -3.26. The number of nitrogens with one attached hydrogen (secondary N) is 4. The van der Waals surface area contributed by atoms with Gasteiger partial charge in [-0.15, -0.1) is 0 Å². The molecule has 4 amide bonds. The van der Waals surface area contributed by atoms with Crippen LogP contribution in [0.2, 0.25) is 0 Å². The fourth-order valence-corrected chi connectivity index (χ4v) is 3.76. The van der Waals surface area contributed by atoms with Crippen LogP contribution in [0.3, 0.4) is 0 Å². The first-order chi connectivity index (χ1) is 15.6. The van der Waals surface area contributed by atoms with Crippen LogP contribution in [0.15, 0.2) is 0 Å². The summed E-state index contributed by atoms with van der Waals surface area (Å²) in [6.07, 6.45) is -0.464. The molecule has 184 valence electrons. The second-order valence-electron chi connectivity index (χ2n) is 7.93. The molecule has 2 aliphatic heterocycles. The number of likely N-dealkylation sites (tertiary alicyclic amines) is 1. The van der Waals surface area contributed by atoms with E-state index in [4.69, 9.17) is 10.2 Å². The minimum absolute atomic E-state index is 0.138. The number of rotatable bonds is 11. The van der Waals surface area contributed by atoms with E-state index in [0.29, 0.717) is 13.0 Å². The molecule has 2 heterocycles. The highest BCUT2D eigenvalue weighted by atomic mass is 16.4. The highest BCUT2D eigenvalue weighted by molar-refractivity contribution is 5.94. The van der Waals surface area contributed by atoms with Gasteiger partial charge in [0.1, 0.15) is 18.6 Å². The van der Waals surface area contributed by atoms with Crippen LogP contribution in [-0.4, -0.2) is 106 Å². The molecule has 4 atom stereocenters. The second kappa shape index (κ2) is 12.1. The Bertz CT molecular complexity index is 784. The molecular formula is C19H29N5O9. The molecule has 33 heavy (non-hydrogen) atoms. The van der Waals surface area contributed by atoms with Gasteiger partial charge in [-0.05, 0) is 25.8 Å². The van der Waals surface area contributed by atoms with Gasteiger partial charge in [-0.2, -0.15) is 0 Å². The maximum atomic E-state index is 13.1. The van der Waals surface area contributed by atoms with E-state index in [-0.39, 0.29) is 25.3 Å². The van der Waals surface area contributed by atoms with Gasteiger partial charge >= 0.3 is 11.9 Å². The third-order valence-electron chi connectivity index (χ3n) is 5.36. The zero-order chi connectivity index (χ0) is 24.5. The first kappa shape index (κ1) is 26.0. The number of aliphatic hydroxyl groups is 1. The summed E-state index contributed by atoms with van der Waals surface area (Å²) < 4.78 is 0. The van der Waals surface area contributed by atoms with E-state index >= 15 is 0 Å². The van der Waals surface area contributed by atoms with Crippen molar-refractivity contribution in [3.8, 4) is 0 Å². The maximum Gasteiger partial charge on any atom is 0.322 e. The smallest absolute Gasteiger partial charge is 0.322 e. The maximum absolute atomic E-state index is 13.1. The number of aliphatic hydroxyl groups excluding tert-OH is 1. The standard InChI is InChI=1S/C19H29N5O9/c25-10-6-13(18(32)22-8-16(29)30)24(9-10)19(33)12(3-4-15(27)28)23-14(26)7-21-17(31)11-2-1-5-20-11/h10-13,20,25H,1-9H2,(H,21,31)(H,22,32)(H,23,26)(H,27,28)(H,29,30)/t10-,11+,12+,13+/m1/s1. The molecule has 2 aliphatic rings. The number of amides is 4. The second-order valence-corrected chi connectivity index (χ2v) is 7.93. The minimum Gasteiger partial charge on any atom is -0.481 e. The lowest BCUT2D eigenvalue weighted by atomic mass is 10.1. The van der Waals surface area contributed by atoms with E-state index in [1.807, 2.05) is 0 Å². The number of carbonyl (C=O) groups excluding carboxylic acids is 4. The van der Waals surface area contributed by atoms with Gasteiger partial charge in [0.05, 0.1) is 18.7 Å². The molecule has 2 fully saturated rings. The van der Waals surface area contributed by atoms with Crippen molar-refractivity contribution in [2.45, 2.75) is 56.3 Å². The lowest BCUT2D eigenvalue weighted by molar-refractivity contribution is -0.143. The molecule has 0 saturated carbocycles. The van der Waals surface area contributed by atoms with Crippen LogP contribution in [-0.2, 0) is 28.8 Å². The number of carboxylic acid groups (broad SMARTS) is 2. The first-order valence-electron chi connectivity index (χ1n) is 10.6. The van der Waals surface area contributed by atoms with Gasteiger partial charge < -0.3 is 41.5 Å². The van der Waals surface area contributed by atoms with E-state index in [1.165, 1.54) is 0 Å². The molecule has 14 heteroatoms. The van der Waals surface area contributed by atoms with Crippen molar-refractivity contribution >= 4 is 35.6 Å². The van der Waals surface area contributed by atoms with E-state index in [2.05, 4.69) is 21.3 Å². The van der Waals surface area contributed by atoms with Gasteiger partial charge in [-0.25, -0.2) is 0 Å². The Morgan fingerprint density at radius 3 is 2.30 bits per heavy atom. The van der Waals surface area contributed by atoms with Crippen molar-refractivity contribution in [1.29, 1.82) is 0 Å². The molecule has 0 aliphatic carbocycles.